The fourth-order valence-corrected chi connectivity index (χ4v) is 1.72. The molecule has 1 atom stereocenters. The van der Waals surface area contributed by atoms with Crippen LogP contribution in [0.3, 0.4) is 0 Å². The highest BCUT2D eigenvalue weighted by Gasteiger charge is 2.12. The Bertz CT molecular complexity index is 378. The van der Waals surface area contributed by atoms with Crippen LogP contribution in [0.25, 0.3) is 0 Å². The number of ether oxygens (including phenoxy) is 1. The third-order valence-corrected chi connectivity index (χ3v) is 2.68. The van der Waals surface area contributed by atoms with E-state index >= 15 is 0 Å². The Morgan fingerprint density at radius 3 is 2.50 bits per heavy atom. The van der Waals surface area contributed by atoms with E-state index in [1.54, 1.807) is 7.11 Å². The molecule has 0 heterocycles. The lowest BCUT2D eigenvalue weighted by Crippen LogP contribution is -2.38. The van der Waals surface area contributed by atoms with Gasteiger partial charge in [0.1, 0.15) is 0 Å². The number of methoxy groups -OCH3 is 1. The van der Waals surface area contributed by atoms with Gasteiger partial charge in [0.15, 0.2) is 0 Å². The van der Waals surface area contributed by atoms with Crippen molar-refractivity contribution in [3.05, 3.63) is 29.8 Å². The summed E-state index contributed by atoms with van der Waals surface area (Å²) in [5, 5.41) is 0. The number of primary amides is 1. The minimum Gasteiger partial charge on any atom is -0.399 e. The molecule has 0 aliphatic rings. The predicted molar refractivity (Wildman–Crippen MR) is 71.8 cm³/mol. The van der Waals surface area contributed by atoms with Crippen LogP contribution in [0, 0.1) is 0 Å². The number of carbonyl (C=O) groups is 1. The van der Waals surface area contributed by atoms with Gasteiger partial charge in [0.25, 0.3) is 0 Å². The van der Waals surface area contributed by atoms with Gasteiger partial charge in [-0.25, -0.2) is 0 Å². The van der Waals surface area contributed by atoms with Gasteiger partial charge in [-0.1, -0.05) is 12.1 Å². The second-order valence-corrected chi connectivity index (χ2v) is 4.42. The molecule has 100 valence electrons. The summed E-state index contributed by atoms with van der Waals surface area (Å²) in [4.78, 5) is 13.0. The second-order valence-electron chi connectivity index (χ2n) is 4.42. The zero-order valence-electron chi connectivity index (χ0n) is 10.9. The van der Waals surface area contributed by atoms with Crippen LogP contribution in [0.2, 0.25) is 0 Å². The van der Waals surface area contributed by atoms with E-state index in [4.69, 9.17) is 16.2 Å². The number of rotatable bonds is 7. The van der Waals surface area contributed by atoms with Crippen molar-refractivity contribution in [3.8, 4) is 0 Å². The average molecular weight is 251 g/mol. The Balaban J connectivity index is 2.65. The number of anilines is 1. The summed E-state index contributed by atoms with van der Waals surface area (Å²) < 4.78 is 5.21. The lowest BCUT2D eigenvalue weighted by atomic mass is 10.2. The molecule has 0 aliphatic carbocycles. The standard InChI is InChI=1S/C13H21N3O2/c1-10(18-2)7-16(9-13(15)17)8-11-3-5-12(14)6-4-11/h3-6,10H,7-9,14H2,1-2H3,(H2,15,17). The van der Waals surface area contributed by atoms with Crippen LogP contribution in [0.4, 0.5) is 5.69 Å². The van der Waals surface area contributed by atoms with Crippen molar-refractivity contribution < 1.29 is 9.53 Å². The zero-order chi connectivity index (χ0) is 13.5. The molecule has 18 heavy (non-hydrogen) atoms. The molecule has 1 rings (SSSR count). The van der Waals surface area contributed by atoms with Gasteiger partial charge in [-0.3, -0.25) is 9.69 Å². The molecule has 0 saturated carbocycles. The van der Waals surface area contributed by atoms with E-state index in [2.05, 4.69) is 0 Å². The molecule has 0 aromatic heterocycles. The Morgan fingerprint density at radius 2 is 2.00 bits per heavy atom. The number of hydrogen-bond donors (Lipinski definition) is 2. The van der Waals surface area contributed by atoms with Gasteiger partial charge >= 0.3 is 0 Å². The molecule has 1 aromatic rings. The van der Waals surface area contributed by atoms with E-state index in [1.807, 2.05) is 36.1 Å². The molecule has 1 amide bonds. The van der Waals surface area contributed by atoms with Gasteiger partial charge in [0.2, 0.25) is 5.91 Å². The van der Waals surface area contributed by atoms with E-state index in [-0.39, 0.29) is 18.6 Å². The maximum Gasteiger partial charge on any atom is 0.231 e. The second kappa shape index (κ2) is 6.98. The molecule has 0 fully saturated rings. The Kier molecular flexibility index (Phi) is 5.61. The first-order chi connectivity index (χ1) is 8.51. The van der Waals surface area contributed by atoms with E-state index in [9.17, 15) is 4.79 Å². The summed E-state index contributed by atoms with van der Waals surface area (Å²) in [5.41, 5.74) is 12.7. The van der Waals surface area contributed by atoms with Crippen molar-refractivity contribution in [2.75, 3.05) is 25.9 Å². The smallest absolute Gasteiger partial charge is 0.231 e. The summed E-state index contributed by atoms with van der Waals surface area (Å²) >= 11 is 0. The van der Waals surface area contributed by atoms with Crippen molar-refractivity contribution in [1.82, 2.24) is 4.90 Å². The van der Waals surface area contributed by atoms with Gasteiger partial charge in [-0.2, -0.15) is 0 Å². The van der Waals surface area contributed by atoms with Crippen LogP contribution < -0.4 is 11.5 Å². The molecule has 5 nitrogen and oxygen atoms in total. The van der Waals surface area contributed by atoms with E-state index in [0.717, 1.165) is 11.3 Å². The SMILES string of the molecule is COC(C)CN(CC(N)=O)Cc1ccc(N)cc1. The van der Waals surface area contributed by atoms with Crippen LogP contribution in [-0.2, 0) is 16.1 Å². The number of amides is 1. The maximum absolute atomic E-state index is 11.0. The average Bonchev–Trinajstić information content (AvgIpc) is 2.31. The van der Waals surface area contributed by atoms with E-state index < -0.39 is 0 Å². The Hall–Kier alpha value is -1.59. The molecular formula is C13H21N3O2. The molecule has 0 radical (unpaired) electrons. The van der Waals surface area contributed by atoms with Crippen LogP contribution in [0.15, 0.2) is 24.3 Å². The number of nitrogens with two attached hydrogens (primary N) is 2. The molecule has 1 unspecified atom stereocenters. The van der Waals surface area contributed by atoms with Crippen molar-refractivity contribution in [1.29, 1.82) is 0 Å². The molecule has 0 spiro atoms. The third-order valence-electron chi connectivity index (χ3n) is 2.68. The monoisotopic (exact) mass is 251 g/mol. The highest BCUT2D eigenvalue weighted by molar-refractivity contribution is 5.75. The fourth-order valence-electron chi connectivity index (χ4n) is 1.72. The van der Waals surface area contributed by atoms with Gasteiger partial charge in [-0.15, -0.1) is 0 Å². The first-order valence-corrected chi connectivity index (χ1v) is 5.89. The summed E-state index contributed by atoms with van der Waals surface area (Å²) in [6.07, 6.45) is 0.0538. The van der Waals surface area contributed by atoms with Crippen molar-refractivity contribution in [3.63, 3.8) is 0 Å². The van der Waals surface area contributed by atoms with Gasteiger partial charge in [0, 0.05) is 25.9 Å². The number of carbonyl (C=O) groups excluding carboxylic acids is 1. The predicted octanol–water partition coefficient (Wildman–Crippen LogP) is 0.591. The summed E-state index contributed by atoms with van der Waals surface area (Å²) in [6, 6.07) is 7.58. The van der Waals surface area contributed by atoms with Crippen LogP contribution in [-0.4, -0.2) is 37.1 Å². The van der Waals surface area contributed by atoms with E-state index in [0.29, 0.717) is 13.1 Å². The lowest BCUT2D eigenvalue weighted by molar-refractivity contribution is -0.119. The number of hydrogen-bond acceptors (Lipinski definition) is 4. The topological polar surface area (TPSA) is 81.6 Å². The van der Waals surface area contributed by atoms with Crippen molar-refractivity contribution in [2.24, 2.45) is 5.73 Å². The van der Waals surface area contributed by atoms with Gasteiger partial charge < -0.3 is 16.2 Å². The molecule has 0 bridgehead atoms. The van der Waals surface area contributed by atoms with Gasteiger partial charge in [0.05, 0.1) is 12.6 Å². The van der Waals surface area contributed by atoms with Crippen LogP contribution in [0.5, 0.6) is 0 Å². The number of nitrogens with zero attached hydrogens (tertiary/aromatic N) is 1. The Morgan fingerprint density at radius 1 is 1.39 bits per heavy atom. The molecule has 4 N–H and O–H groups in total. The number of nitrogen functional groups attached to an aromatic ring is 1. The fraction of sp³-hybridized carbons (Fsp3) is 0.462. The quantitative estimate of drug-likeness (QED) is 0.695. The first kappa shape index (κ1) is 14.5. The minimum absolute atomic E-state index is 0.0538. The normalized spacial score (nSPS) is 12.6. The Labute approximate surface area is 108 Å². The highest BCUT2D eigenvalue weighted by atomic mass is 16.5. The zero-order valence-corrected chi connectivity index (χ0v) is 10.9. The molecule has 0 saturated heterocycles. The number of benzene rings is 1. The van der Waals surface area contributed by atoms with Crippen LogP contribution >= 0.6 is 0 Å². The highest BCUT2D eigenvalue weighted by Crippen LogP contribution is 2.09. The van der Waals surface area contributed by atoms with Crippen molar-refractivity contribution in [2.45, 2.75) is 19.6 Å². The summed E-state index contributed by atoms with van der Waals surface area (Å²) in [7, 11) is 1.65. The molecule has 1 aromatic carbocycles. The van der Waals surface area contributed by atoms with Crippen LogP contribution in [0.1, 0.15) is 12.5 Å². The van der Waals surface area contributed by atoms with E-state index in [1.165, 1.54) is 0 Å². The molecular weight excluding hydrogens is 230 g/mol. The van der Waals surface area contributed by atoms with Gasteiger partial charge in [-0.05, 0) is 24.6 Å². The lowest BCUT2D eigenvalue weighted by Gasteiger charge is -2.23. The first-order valence-electron chi connectivity index (χ1n) is 5.89. The minimum atomic E-state index is -0.339. The molecule has 5 heteroatoms. The summed E-state index contributed by atoms with van der Waals surface area (Å²) in [5.74, 6) is -0.339. The summed E-state index contributed by atoms with van der Waals surface area (Å²) in [6.45, 7) is 3.48. The maximum atomic E-state index is 11.0. The molecule has 0 aliphatic heterocycles. The third kappa shape index (κ3) is 5.16. The van der Waals surface area contributed by atoms with Crippen molar-refractivity contribution >= 4 is 11.6 Å². The largest absolute Gasteiger partial charge is 0.399 e.